The monoisotopic (exact) mass is 319 g/mol. The fourth-order valence-corrected chi connectivity index (χ4v) is 3.21. The molecule has 0 radical (unpaired) electrons. The third-order valence-electron chi connectivity index (χ3n) is 1.10. The largest absolute Gasteiger partial charge is 0.316 e. The Bertz CT molecular complexity index is 452. The third kappa shape index (κ3) is 2.20. The minimum absolute atomic E-state index is 0.0793. The first-order valence-corrected chi connectivity index (χ1v) is 6.13. The van der Waals surface area contributed by atoms with Gasteiger partial charge in [0.1, 0.15) is 8.60 Å². The summed E-state index contributed by atoms with van der Waals surface area (Å²) in [7, 11) is 1.31. The smallest absolute Gasteiger partial charge is 0.263 e. The predicted molar refractivity (Wildman–Crippen MR) is 52.8 cm³/mol. The first-order chi connectivity index (χ1) is 5.41. The van der Waals surface area contributed by atoms with Crippen LogP contribution < -0.4 is 5.56 Å². The van der Waals surface area contributed by atoms with E-state index in [1.165, 1.54) is 6.07 Å². The average Bonchev–Trinajstić information content (AvgIpc) is 1.83. The number of hydrogen-bond donors (Lipinski definition) is 1. The van der Waals surface area contributed by atoms with Crippen molar-refractivity contribution in [3.05, 3.63) is 26.2 Å². The highest BCUT2D eigenvalue weighted by molar-refractivity contribution is 14.1. The summed E-state index contributed by atoms with van der Waals surface area (Å²) in [5.74, 6) is 0. The van der Waals surface area contributed by atoms with Crippen LogP contribution in [0.25, 0.3) is 0 Å². The van der Waals surface area contributed by atoms with Gasteiger partial charge in [-0.25, -0.2) is 8.42 Å². The number of H-pyrrole nitrogens is 1. The van der Waals surface area contributed by atoms with Crippen molar-refractivity contribution in [2.24, 2.45) is 0 Å². The lowest BCUT2D eigenvalue weighted by Crippen LogP contribution is -2.08. The summed E-state index contributed by atoms with van der Waals surface area (Å²) in [6.07, 6.45) is 0. The predicted octanol–water partition coefficient (Wildman–Crippen LogP) is 0.907. The number of pyridine rings is 1. The Morgan fingerprint density at radius 1 is 1.42 bits per heavy atom. The standard InChI is InChI=1S/C5H3ClINO3S/c6-12(10,11)3-1-2-4(9)8-5(3)7/h1-2H,(H,8,9). The number of aromatic nitrogens is 1. The zero-order valence-electron chi connectivity index (χ0n) is 5.54. The van der Waals surface area contributed by atoms with Crippen LogP contribution in [0.4, 0.5) is 0 Å². The zero-order valence-corrected chi connectivity index (χ0v) is 9.27. The summed E-state index contributed by atoms with van der Waals surface area (Å²) >= 11 is 1.69. The van der Waals surface area contributed by atoms with Gasteiger partial charge >= 0.3 is 0 Å². The Balaban J connectivity index is 3.49. The highest BCUT2D eigenvalue weighted by atomic mass is 127. The first-order valence-electron chi connectivity index (χ1n) is 2.75. The fourth-order valence-electron chi connectivity index (χ4n) is 0.624. The lowest BCUT2D eigenvalue weighted by molar-refractivity contribution is 0.608. The van der Waals surface area contributed by atoms with Crippen LogP contribution in [0, 0.1) is 3.70 Å². The molecule has 0 aliphatic rings. The second-order valence-corrected chi connectivity index (χ2v) is 5.55. The van der Waals surface area contributed by atoms with Crippen LogP contribution in [0.3, 0.4) is 0 Å². The number of rotatable bonds is 1. The summed E-state index contributed by atoms with van der Waals surface area (Å²) in [6, 6.07) is 2.28. The Hall–Kier alpha value is -0.0800. The maximum atomic E-state index is 10.8. The van der Waals surface area contributed by atoms with Crippen molar-refractivity contribution in [2.75, 3.05) is 0 Å². The molecular weight excluding hydrogens is 316 g/mol. The van der Waals surface area contributed by atoms with E-state index in [0.717, 1.165) is 6.07 Å². The van der Waals surface area contributed by atoms with Crippen molar-refractivity contribution in [3.63, 3.8) is 0 Å². The van der Waals surface area contributed by atoms with Crippen LogP contribution in [0.1, 0.15) is 0 Å². The van der Waals surface area contributed by atoms with Gasteiger partial charge in [0.25, 0.3) is 9.05 Å². The van der Waals surface area contributed by atoms with E-state index in [1.54, 1.807) is 22.6 Å². The molecule has 66 valence electrons. The van der Waals surface area contributed by atoms with E-state index < -0.39 is 9.05 Å². The number of nitrogens with one attached hydrogen (secondary N) is 1. The molecule has 1 aromatic heterocycles. The second-order valence-electron chi connectivity index (χ2n) is 1.94. The van der Waals surface area contributed by atoms with Crippen LogP contribution in [0.2, 0.25) is 0 Å². The molecule has 7 heteroatoms. The van der Waals surface area contributed by atoms with Gasteiger partial charge in [0.05, 0.1) is 0 Å². The molecule has 0 aromatic carbocycles. The van der Waals surface area contributed by atoms with Crippen LogP contribution in [0.15, 0.2) is 21.8 Å². The summed E-state index contributed by atoms with van der Waals surface area (Å²) in [4.78, 5) is 12.9. The average molecular weight is 320 g/mol. The number of aromatic amines is 1. The van der Waals surface area contributed by atoms with Crippen LogP contribution in [0.5, 0.6) is 0 Å². The van der Waals surface area contributed by atoms with Crippen molar-refractivity contribution >= 4 is 42.3 Å². The van der Waals surface area contributed by atoms with E-state index in [-0.39, 0.29) is 14.2 Å². The molecule has 0 aliphatic carbocycles. The van der Waals surface area contributed by atoms with Gasteiger partial charge in [-0.3, -0.25) is 4.79 Å². The van der Waals surface area contributed by atoms with E-state index in [9.17, 15) is 13.2 Å². The molecule has 0 aliphatic heterocycles. The molecule has 4 nitrogen and oxygen atoms in total. The minimum Gasteiger partial charge on any atom is -0.316 e. The number of hydrogen-bond acceptors (Lipinski definition) is 3. The summed E-state index contributed by atoms with van der Waals surface area (Å²) in [5.41, 5.74) is -0.358. The van der Waals surface area contributed by atoms with Gasteiger partial charge in [0.2, 0.25) is 5.56 Å². The molecule has 0 atom stereocenters. The molecular formula is C5H3ClINO3S. The lowest BCUT2D eigenvalue weighted by Gasteiger charge is -1.97. The Morgan fingerprint density at radius 2 is 2.00 bits per heavy atom. The molecule has 0 amide bonds. The summed E-state index contributed by atoms with van der Waals surface area (Å²) < 4.78 is 21.8. The quantitative estimate of drug-likeness (QED) is 0.475. The molecule has 0 fully saturated rings. The molecule has 1 heterocycles. The topological polar surface area (TPSA) is 67.0 Å². The van der Waals surface area contributed by atoms with E-state index in [4.69, 9.17) is 10.7 Å². The van der Waals surface area contributed by atoms with Crippen molar-refractivity contribution in [1.82, 2.24) is 4.98 Å². The van der Waals surface area contributed by atoms with Gasteiger partial charge in [-0.15, -0.1) is 0 Å². The van der Waals surface area contributed by atoms with E-state index in [0.29, 0.717) is 0 Å². The highest BCUT2D eigenvalue weighted by Crippen LogP contribution is 2.17. The summed E-state index contributed by atoms with van der Waals surface area (Å²) in [6.45, 7) is 0. The third-order valence-corrected chi connectivity index (χ3v) is 3.68. The van der Waals surface area contributed by atoms with Gasteiger partial charge in [0, 0.05) is 16.7 Å². The van der Waals surface area contributed by atoms with Crippen LogP contribution >= 0.6 is 33.3 Å². The summed E-state index contributed by atoms with van der Waals surface area (Å²) in [5, 5.41) is 0. The van der Waals surface area contributed by atoms with Gasteiger partial charge in [-0.2, -0.15) is 0 Å². The van der Waals surface area contributed by atoms with Gasteiger partial charge < -0.3 is 4.98 Å². The Morgan fingerprint density at radius 3 is 2.42 bits per heavy atom. The van der Waals surface area contributed by atoms with E-state index in [1.807, 2.05) is 0 Å². The number of halogens is 2. The van der Waals surface area contributed by atoms with E-state index >= 15 is 0 Å². The Labute approximate surface area is 86.5 Å². The normalized spacial score (nSPS) is 11.5. The van der Waals surface area contributed by atoms with Crippen LogP contribution in [-0.4, -0.2) is 13.4 Å². The zero-order chi connectivity index (χ0) is 9.35. The second kappa shape index (κ2) is 3.35. The van der Waals surface area contributed by atoms with Crippen molar-refractivity contribution < 1.29 is 8.42 Å². The fraction of sp³-hybridized carbons (Fsp3) is 0. The minimum atomic E-state index is -3.76. The molecule has 12 heavy (non-hydrogen) atoms. The maximum absolute atomic E-state index is 10.8. The molecule has 1 N–H and O–H groups in total. The van der Waals surface area contributed by atoms with Gasteiger partial charge in [-0.1, -0.05) is 0 Å². The van der Waals surface area contributed by atoms with Crippen molar-refractivity contribution in [2.45, 2.75) is 4.90 Å². The molecule has 1 aromatic rings. The van der Waals surface area contributed by atoms with Crippen molar-refractivity contribution in [3.8, 4) is 0 Å². The Kier molecular flexibility index (Phi) is 2.79. The van der Waals surface area contributed by atoms with Crippen LogP contribution in [-0.2, 0) is 9.05 Å². The van der Waals surface area contributed by atoms with Gasteiger partial charge in [0.15, 0.2) is 0 Å². The molecule has 0 bridgehead atoms. The molecule has 0 unspecified atom stereocenters. The van der Waals surface area contributed by atoms with E-state index in [2.05, 4.69) is 4.98 Å². The highest BCUT2D eigenvalue weighted by Gasteiger charge is 2.13. The van der Waals surface area contributed by atoms with Crippen molar-refractivity contribution in [1.29, 1.82) is 0 Å². The molecule has 1 rings (SSSR count). The SMILES string of the molecule is O=c1ccc(S(=O)(=O)Cl)c(I)[nH]1. The molecule has 0 spiro atoms. The first kappa shape index (κ1) is 10.0. The molecule has 0 saturated heterocycles. The molecule has 0 saturated carbocycles. The lowest BCUT2D eigenvalue weighted by atomic mass is 10.5. The maximum Gasteiger partial charge on any atom is 0.263 e. The van der Waals surface area contributed by atoms with Gasteiger partial charge in [-0.05, 0) is 28.7 Å².